The van der Waals surface area contributed by atoms with Gasteiger partial charge in [-0.25, -0.2) is 0 Å². The van der Waals surface area contributed by atoms with Gasteiger partial charge in [0.2, 0.25) is 0 Å². The lowest BCUT2D eigenvalue weighted by atomic mass is 9.99. The van der Waals surface area contributed by atoms with Gasteiger partial charge in [-0.1, -0.05) is 30.3 Å². The van der Waals surface area contributed by atoms with Gasteiger partial charge in [-0.15, -0.1) is 0 Å². The van der Waals surface area contributed by atoms with Crippen LogP contribution in [0.5, 0.6) is 0 Å². The van der Waals surface area contributed by atoms with Crippen molar-refractivity contribution in [3.8, 4) is 0 Å². The summed E-state index contributed by atoms with van der Waals surface area (Å²) < 4.78 is 0. The molecule has 1 aliphatic carbocycles. The summed E-state index contributed by atoms with van der Waals surface area (Å²) in [5.41, 5.74) is 3.22. The lowest BCUT2D eigenvalue weighted by Crippen LogP contribution is -2.29. The van der Waals surface area contributed by atoms with E-state index in [4.69, 9.17) is 0 Å². The van der Waals surface area contributed by atoms with E-state index >= 15 is 0 Å². The van der Waals surface area contributed by atoms with Crippen LogP contribution in [0.4, 0.5) is 0 Å². The van der Waals surface area contributed by atoms with Gasteiger partial charge in [0.15, 0.2) is 0 Å². The number of benzene rings is 1. The van der Waals surface area contributed by atoms with Crippen molar-refractivity contribution < 1.29 is 4.79 Å². The maximum Gasteiger partial charge on any atom is 0.272 e. The molecule has 0 spiro atoms. The van der Waals surface area contributed by atoms with Crippen molar-refractivity contribution in [3.05, 3.63) is 65.5 Å². The highest BCUT2D eigenvalue weighted by atomic mass is 16.2. The first-order valence-electron chi connectivity index (χ1n) is 8.11. The third kappa shape index (κ3) is 2.63. The number of aromatic nitrogens is 1. The van der Waals surface area contributed by atoms with E-state index in [-0.39, 0.29) is 5.91 Å². The van der Waals surface area contributed by atoms with Gasteiger partial charge in [0.1, 0.15) is 5.69 Å². The van der Waals surface area contributed by atoms with E-state index in [1.807, 2.05) is 23.1 Å². The zero-order valence-corrected chi connectivity index (χ0v) is 12.6. The zero-order valence-electron chi connectivity index (χ0n) is 12.6. The standard InChI is InChI=1S/C19H20N2O/c22-19(18-12-16(8-10-20-18)15-6-7-15)21-11-9-17(13-21)14-4-2-1-3-5-14/h1-5,8,10,12,15,17H,6-7,9,11,13H2. The number of pyridine rings is 1. The van der Waals surface area contributed by atoms with Crippen LogP contribution >= 0.6 is 0 Å². The van der Waals surface area contributed by atoms with Crippen LogP contribution in [0.15, 0.2) is 48.7 Å². The maximum absolute atomic E-state index is 12.7. The SMILES string of the molecule is O=C(c1cc(C2CC2)ccn1)N1CCC(c2ccccc2)C1. The summed E-state index contributed by atoms with van der Waals surface area (Å²) in [6, 6.07) is 14.5. The van der Waals surface area contributed by atoms with Gasteiger partial charge in [-0.2, -0.15) is 0 Å². The van der Waals surface area contributed by atoms with Crippen LogP contribution in [0, 0.1) is 0 Å². The number of amides is 1. The van der Waals surface area contributed by atoms with Gasteiger partial charge in [0.25, 0.3) is 5.91 Å². The Bertz CT molecular complexity index is 679. The molecular formula is C19H20N2O. The Morgan fingerprint density at radius 2 is 1.82 bits per heavy atom. The number of likely N-dealkylation sites (tertiary alicyclic amines) is 1. The first-order valence-corrected chi connectivity index (χ1v) is 8.11. The minimum absolute atomic E-state index is 0.0842. The second-order valence-electron chi connectivity index (χ2n) is 6.40. The van der Waals surface area contributed by atoms with Crippen molar-refractivity contribution in [1.82, 2.24) is 9.88 Å². The van der Waals surface area contributed by atoms with Crippen LogP contribution < -0.4 is 0 Å². The third-order valence-electron chi connectivity index (χ3n) is 4.80. The molecular weight excluding hydrogens is 272 g/mol. The lowest BCUT2D eigenvalue weighted by molar-refractivity contribution is 0.0785. The van der Waals surface area contributed by atoms with Crippen LogP contribution in [0.3, 0.4) is 0 Å². The highest BCUT2D eigenvalue weighted by molar-refractivity contribution is 5.92. The van der Waals surface area contributed by atoms with E-state index in [0.717, 1.165) is 19.5 Å². The Labute approximate surface area is 131 Å². The van der Waals surface area contributed by atoms with Crippen molar-refractivity contribution in [2.75, 3.05) is 13.1 Å². The molecule has 2 heterocycles. The van der Waals surface area contributed by atoms with E-state index in [2.05, 4.69) is 29.2 Å². The molecule has 4 rings (SSSR count). The van der Waals surface area contributed by atoms with E-state index in [1.165, 1.54) is 24.0 Å². The fourth-order valence-corrected chi connectivity index (χ4v) is 3.34. The molecule has 0 radical (unpaired) electrons. The van der Waals surface area contributed by atoms with Crippen molar-refractivity contribution in [2.24, 2.45) is 0 Å². The summed E-state index contributed by atoms with van der Waals surface area (Å²) in [6.45, 7) is 1.63. The monoisotopic (exact) mass is 292 g/mol. The summed E-state index contributed by atoms with van der Waals surface area (Å²) in [5, 5.41) is 0. The van der Waals surface area contributed by atoms with E-state index in [0.29, 0.717) is 17.5 Å². The van der Waals surface area contributed by atoms with Crippen LogP contribution in [0.25, 0.3) is 0 Å². The smallest absolute Gasteiger partial charge is 0.272 e. The maximum atomic E-state index is 12.7. The molecule has 1 unspecified atom stereocenters. The molecule has 0 N–H and O–H groups in total. The summed E-state index contributed by atoms with van der Waals surface area (Å²) in [4.78, 5) is 18.9. The predicted molar refractivity (Wildman–Crippen MR) is 85.9 cm³/mol. The fraction of sp³-hybridized carbons (Fsp3) is 0.368. The predicted octanol–water partition coefficient (Wildman–Crippen LogP) is 3.59. The number of hydrogen-bond acceptors (Lipinski definition) is 2. The highest BCUT2D eigenvalue weighted by Crippen LogP contribution is 2.40. The van der Waals surface area contributed by atoms with Crippen molar-refractivity contribution in [3.63, 3.8) is 0 Å². The van der Waals surface area contributed by atoms with Crippen molar-refractivity contribution in [1.29, 1.82) is 0 Å². The molecule has 22 heavy (non-hydrogen) atoms. The molecule has 2 aliphatic rings. The van der Waals surface area contributed by atoms with E-state index in [9.17, 15) is 4.79 Å². The summed E-state index contributed by atoms with van der Waals surface area (Å²) >= 11 is 0. The second-order valence-corrected chi connectivity index (χ2v) is 6.40. The minimum atomic E-state index is 0.0842. The Balaban J connectivity index is 1.48. The molecule has 1 aromatic heterocycles. The average molecular weight is 292 g/mol. The number of hydrogen-bond donors (Lipinski definition) is 0. The largest absolute Gasteiger partial charge is 0.337 e. The summed E-state index contributed by atoms with van der Waals surface area (Å²) in [7, 11) is 0. The van der Waals surface area contributed by atoms with Gasteiger partial charge >= 0.3 is 0 Å². The number of carbonyl (C=O) groups excluding carboxylic acids is 1. The molecule has 1 saturated carbocycles. The molecule has 3 nitrogen and oxygen atoms in total. The first-order chi connectivity index (χ1) is 10.8. The zero-order chi connectivity index (χ0) is 14.9. The molecule has 1 aliphatic heterocycles. The van der Waals surface area contributed by atoms with Crippen LogP contribution in [-0.2, 0) is 0 Å². The van der Waals surface area contributed by atoms with Gasteiger partial charge in [0, 0.05) is 25.2 Å². The van der Waals surface area contributed by atoms with Gasteiger partial charge in [-0.05, 0) is 48.4 Å². The van der Waals surface area contributed by atoms with Crippen LogP contribution in [0.1, 0.15) is 52.7 Å². The van der Waals surface area contributed by atoms with Crippen LogP contribution in [-0.4, -0.2) is 28.9 Å². The Hall–Kier alpha value is -2.16. The van der Waals surface area contributed by atoms with E-state index in [1.54, 1.807) is 6.20 Å². The van der Waals surface area contributed by atoms with E-state index < -0.39 is 0 Å². The molecule has 1 saturated heterocycles. The lowest BCUT2D eigenvalue weighted by Gasteiger charge is -2.16. The minimum Gasteiger partial charge on any atom is -0.337 e. The third-order valence-corrected chi connectivity index (χ3v) is 4.80. The fourth-order valence-electron chi connectivity index (χ4n) is 3.34. The Morgan fingerprint density at radius 3 is 2.59 bits per heavy atom. The van der Waals surface area contributed by atoms with Crippen molar-refractivity contribution in [2.45, 2.75) is 31.1 Å². The number of carbonyl (C=O) groups is 1. The van der Waals surface area contributed by atoms with Gasteiger partial charge < -0.3 is 4.90 Å². The van der Waals surface area contributed by atoms with Crippen LogP contribution in [0.2, 0.25) is 0 Å². The average Bonchev–Trinajstić information content (AvgIpc) is 3.32. The molecule has 1 amide bonds. The topological polar surface area (TPSA) is 33.2 Å². The molecule has 3 heteroatoms. The highest BCUT2D eigenvalue weighted by Gasteiger charge is 2.29. The Morgan fingerprint density at radius 1 is 1.00 bits per heavy atom. The van der Waals surface area contributed by atoms with Gasteiger partial charge in [0.05, 0.1) is 0 Å². The first kappa shape index (κ1) is 13.5. The quantitative estimate of drug-likeness (QED) is 0.866. The molecule has 1 atom stereocenters. The number of rotatable bonds is 3. The molecule has 0 bridgehead atoms. The Kier molecular flexibility index (Phi) is 3.41. The normalized spacial score (nSPS) is 21.1. The summed E-state index contributed by atoms with van der Waals surface area (Å²) in [5.74, 6) is 1.20. The van der Waals surface area contributed by atoms with Gasteiger partial charge in [-0.3, -0.25) is 9.78 Å². The molecule has 112 valence electrons. The molecule has 2 aromatic rings. The molecule has 1 aromatic carbocycles. The van der Waals surface area contributed by atoms with Crippen molar-refractivity contribution >= 4 is 5.91 Å². The number of nitrogens with zero attached hydrogens (tertiary/aromatic N) is 2. The summed E-state index contributed by atoms with van der Waals surface area (Å²) in [6.07, 6.45) is 5.32. The molecule has 2 fully saturated rings. The second kappa shape index (κ2) is 5.56.